The van der Waals surface area contributed by atoms with Crippen molar-refractivity contribution in [3.05, 3.63) is 23.3 Å². The van der Waals surface area contributed by atoms with Gasteiger partial charge in [0.15, 0.2) is 11.5 Å². The summed E-state index contributed by atoms with van der Waals surface area (Å²) in [6.45, 7) is 12.2. The van der Waals surface area contributed by atoms with E-state index in [-0.39, 0.29) is 6.10 Å². The normalized spacial score (nSPS) is 24.3. The molecule has 2 aliphatic rings. The topological polar surface area (TPSA) is 24.9 Å². The van der Waals surface area contributed by atoms with Crippen molar-refractivity contribution in [3.63, 3.8) is 0 Å². The molecule has 2 heterocycles. The molecule has 1 unspecified atom stereocenters. The third-order valence-corrected chi connectivity index (χ3v) is 5.53. The molecule has 4 nitrogen and oxygen atoms in total. The van der Waals surface area contributed by atoms with E-state index in [0.717, 1.165) is 36.9 Å². The van der Waals surface area contributed by atoms with Gasteiger partial charge in [-0.3, -0.25) is 4.90 Å². The van der Waals surface area contributed by atoms with Crippen LogP contribution in [0, 0.1) is 5.92 Å². The fourth-order valence-electron chi connectivity index (χ4n) is 4.33. The molecule has 0 N–H and O–H groups in total. The van der Waals surface area contributed by atoms with Gasteiger partial charge in [0.05, 0.1) is 13.2 Å². The molecule has 0 aliphatic carbocycles. The Balaban J connectivity index is 1.86. The number of piperazine rings is 1. The molecular weight excluding hydrogens is 312 g/mol. The molecule has 0 amide bonds. The fraction of sp³-hybridized carbons (Fsp3) is 0.714. The van der Waals surface area contributed by atoms with Crippen LogP contribution in [-0.2, 0) is 6.42 Å². The lowest BCUT2D eigenvalue weighted by molar-refractivity contribution is 0.0294. The molecule has 1 fully saturated rings. The van der Waals surface area contributed by atoms with Crippen LogP contribution < -0.4 is 9.47 Å². The Morgan fingerprint density at radius 1 is 1.12 bits per heavy atom. The number of benzene rings is 1. The quantitative estimate of drug-likeness (QED) is 0.811. The summed E-state index contributed by atoms with van der Waals surface area (Å²) in [7, 11) is 4.02. The van der Waals surface area contributed by atoms with Crippen LogP contribution in [0.2, 0.25) is 0 Å². The van der Waals surface area contributed by atoms with Gasteiger partial charge in [-0.15, -0.1) is 0 Å². The van der Waals surface area contributed by atoms with Crippen molar-refractivity contribution in [3.8, 4) is 11.5 Å². The minimum absolute atomic E-state index is 0.157. The highest BCUT2D eigenvalue weighted by Crippen LogP contribution is 2.40. The first-order valence-corrected chi connectivity index (χ1v) is 9.70. The van der Waals surface area contributed by atoms with Gasteiger partial charge in [-0.1, -0.05) is 13.8 Å². The average molecular weight is 347 g/mol. The molecule has 0 spiro atoms. The molecule has 25 heavy (non-hydrogen) atoms. The zero-order chi connectivity index (χ0) is 18.1. The van der Waals surface area contributed by atoms with E-state index in [1.54, 1.807) is 7.11 Å². The van der Waals surface area contributed by atoms with Crippen LogP contribution in [0.5, 0.6) is 11.5 Å². The van der Waals surface area contributed by atoms with Crippen molar-refractivity contribution in [2.24, 2.45) is 5.92 Å². The largest absolute Gasteiger partial charge is 0.493 e. The van der Waals surface area contributed by atoms with Crippen molar-refractivity contribution in [1.29, 1.82) is 0 Å². The van der Waals surface area contributed by atoms with E-state index in [2.05, 4.69) is 56.7 Å². The summed E-state index contributed by atoms with van der Waals surface area (Å²) in [5, 5.41) is 0. The molecular formula is C21H34N2O2. The maximum Gasteiger partial charge on any atom is 0.161 e. The number of rotatable bonds is 5. The lowest BCUT2D eigenvalue weighted by Crippen LogP contribution is -2.55. The van der Waals surface area contributed by atoms with Gasteiger partial charge in [0.1, 0.15) is 0 Å². The molecule has 0 radical (unpaired) electrons. The predicted octanol–water partition coefficient (Wildman–Crippen LogP) is 3.74. The van der Waals surface area contributed by atoms with E-state index in [0.29, 0.717) is 12.1 Å². The maximum absolute atomic E-state index is 5.97. The Bertz CT molecular complexity index is 600. The molecule has 0 saturated carbocycles. The van der Waals surface area contributed by atoms with E-state index in [9.17, 15) is 0 Å². The Morgan fingerprint density at radius 3 is 2.52 bits per heavy atom. The maximum atomic E-state index is 5.97. The first-order chi connectivity index (χ1) is 11.9. The first-order valence-electron chi connectivity index (χ1n) is 9.70. The van der Waals surface area contributed by atoms with Crippen molar-refractivity contribution in [1.82, 2.24) is 9.80 Å². The summed E-state index contributed by atoms with van der Waals surface area (Å²) in [4.78, 5) is 5.24. The van der Waals surface area contributed by atoms with Gasteiger partial charge in [0.2, 0.25) is 0 Å². The standard InChI is InChI=1S/C21H34N2O2/c1-14(2)9-17-12-23-8-7-16-10-21(25-15(3)4)20(24-6)11-18(16)19(23)13-22(17)5/h10-11,14-15,17,19H,7-9,12-13H2,1-6H3/t17-,19?/m1/s1. The van der Waals surface area contributed by atoms with Gasteiger partial charge in [-0.25, -0.2) is 0 Å². The van der Waals surface area contributed by atoms with Gasteiger partial charge >= 0.3 is 0 Å². The third kappa shape index (κ3) is 3.95. The van der Waals surface area contributed by atoms with E-state index in [1.807, 2.05) is 0 Å². The molecule has 1 aromatic rings. The Morgan fingerprint density at radius 2 is 1.88 bits per heavy atom. The number of hydrogen-bond donors (Lipinski definition) is 0. The molecule has 1 saturated heterocycles. The zero-order valence-corrected chi connectivity index (χ0v) is 16.7. The number of fused-ring (bicyclic) bond motifs is 3. The van der Waals surface area contributed by atoms with Crippen LogP contribution in [-0.4, -0.2) is 55.7 Å². The number of nitrogens with zero attached hydrogens (tertiary/aromatic N) is 2. The molecule has 4 heteroatoms. The number of ether oxygens (including phenoxy) is 2. The number of methoxy groups -OCH3 is 1. The molecule has 0 aromatic heterocycles. The van der Waals surface area contributed by atoms with Crippen molar-refractivity contribution in [2.45, 2.75) is 58.7 Å². The van der Waals surface area contributed by atoms with E-state index < -0.39 is 0 Å². The predicted molar refractivity (Wildman–Crippen MR) is 103 cm³/mol. The lowest BCUT2D eigenvalue weighted by Gasteiger charge is -2.48. The molecule has 0 bridgehead atoms. The summed E-state index contributed by atoms with van der Waals surface area (Å²) in [5.74, 6) is 2.49. The highest BCUT2D eigenvalue weighted by Gasteiger charge is 2.36. The first kappa shape index (κ1) is 18.5. The van der Waals surface area contributed by atoms with E-state index in [1.165, 1.54) is 24.1 Å². The highest BCUT2D eigenvalue weighted by atomic mass is 16.5. The third-order valence-electron chi connectivity index (χ3n) is 5.53. The summed E-state index contributed by atoms with van der Waals surface area (Å²) >= 11 is 0. The second-order valence-electron chi connectivity index (χ2n) is 8.35. The molecule has 140 valence electrons. The summed E-state index contributed by atoms with van der Waals surface area (Å²) in [6, 6.07) is 5.58. The van der Waals surface area contributed by atoms with Crippen LogP contribution >= 0.6 is 0 Å². The van der Waals surface area contributed by atoms with Gasteiger partial charge in [0.25, 0.3) is 0 Å². The van der Waals surface area contributed by atoms with Crippen molar-refractivity contribution >= 4 is 0 Å². The Hall–Kier alpha value is -1.26. The smallest absolute Gasteiger partial charge is 0.161 e. The van der Waals surface area contributed by atoms with Gasteiger partial charge < -0.3 is 14.4 Å². The minimum Gasteiger partial charge on any atom is -0.493 e. The van der Waals surface area contributed by atoms with Gasteiger partial charge in [0, 0.05) is 31.7 Å². The van der Waals surface area contributed by atoms with Crippen molar-refractivity contribution in [2.75, 3.05) is 33.8 Å². The number of likely N-dealkylation sites (N-methyl/N-ethyl adjacent to an activating group) is 1. The van der Waals surface area contributed by atoms with E-state index in [4.69, 9.17) is 9.47 Å². The summed E-state index contributed by atoms with van der Waals surface area (Å²) < 4.78 is 11.6. The lowest BCUT2D eigenvalue weighted by atomic mass is 9.88. The summed E-state index contributed by atoms with van der Waals surface area (Å²) in [5.41, 5.74) is 2.85. The van der Waals surface area contributed by atoms with Gasteiger partial charge in [-0.2, -0.15) is 0 Å². The Labute approximate surface area is 153 Å². The molecule has 3 rings (SSSR count). The second kappa shape index (κ2) is 7.55. The van der Waals surface area contributed by atoms with Crippen LogP contribution in [0.1, 0.15) is 51.3 Å². The van der Waals surface area contributed by atoms with Crippen LogP contribution in [0.15, 0.2) is 12.1 Å². The second-order valence-corrected chi connectivity index (χ2v) is 8.35. The SMILES string of the molecule is COc1cc2c(cc1OC(C)C)CCN1C[C@@H](CC(C)C)N(C)CC21. The molecule has 2 aliphatic heterocycles. The number of hydrogen-bond acceptors (Lipinski definition) is 4. The van der Waals surface area contributed by atoms with Gasteiger partial charge in [-0.05, 0) is 62.9 Å². The summed E-state index contributed by atoms with van der Waals surface area (Å²) in [6.07, 6.45) is 2.53. The van der Waals surface area contributed by atoms with E-state index >= 15 is 0 Å². The monoisotopic (exact) mass is 346 g/mol. The van der Waals surface area contributed by atoms with Crippen LogP contribution in [0.3, 0.4) is 0 Å². The average Bonchev–Trinajstić information content (AvgIpc) is 2.54. The van der Waals surface area contributed by atoms with Crippen LogP contribution in [0.4, 0.5) is 0 Å². The molecule has 2 atom stereocenters. The highest BCUT2D eigenvalue weighted by molar-refractivity contribution is 5.50. The van der Waals surface area contributed by atoms with Crippen molar-refractivity contribution < 1.29 is 9.47 Å². The fourth-order valence-corrected chi connectivity index (χ4v) is 4.33. The zero-order valence-electron chi connectivity index (χ0n) is 16.7. The van der Waals surface area contributed by atoms with Crippen LogP contribution in [0.25, 0.3) is 0 Å². The molecule has 1 aromatic carbocycles. The minimum atomic E-state index is 0.157. The Kier molecular flexibility index (Phi) is 5.59.